The smallest absolute Gasteiger partial charge is 0.227 e. The Kier molecular flexibility index (Phi) is 6.69. The number of hydrogen-bond acceptors (Lipinski definition) is 5. The summed E-state index contributed by atoms with van der Waals surface area (Å²) in [7, 11) is 1.53. The third-order valence-corrected chi connectivity index (χ3v) is 4.03. The number of nitriles is 1. The lowest BCUT2D eigenvalue weighted by Gasteiger charge is -2.20. The molecule has 0 atom stereocenters. The van der Waals surface area contributed by atoms with Gasteiger partial charge in [0.25, 0.3) is 0 Å². The van der Waals surface area contributed by atoms with Gasteiger partial charge in [0.1, 0.15) is 12.2 Å². The first-order chi connectivity index (χ1) is 12.5. The van der Waals surface area contributed by atoms with Gasteiger partial charge in [-0.1, -0.05) is 11.6 Å². The Balaban J connectivity index is 2.11. The maximum Gasteiger partial charge on any atom is 0.227 e. The molecule has 2 rings (SSSR count). The summed E-state index contributed by atoms with van der Waals surface area (Å²) >= 11 is 6.21. The Bertz CT molecular complexity index is 814. The molecule has 8 nitrogen and oxygen atoms in total. The van der Waals surface area contributed by atoms with Crippen LogP contribution in [0.25, 0.3) is 5.69 Å². The van der Waals surface area contributed by atoms with E-state index in [0.29, 0.717) is 12.2 Å². The van der Waals surface area contributed by atoms with Crippen LogP contribution < -0.4 is 4.90 Å². The van der Waals surface area contributed by atoms with Crippen LogP contribution in [0.3, 0.4) is 0 Å². The highest BCUT2D eigenvalue weighted by Gasteiger charge is 2.21. The van der Waals surface area contributed by atoms with E-state index in [4.69, 9.17) is 16.9 Å². The molecule has 0 fully saturated rings. The molecule has 0 aromatic carbocycles. The van der Waals surface area contributed by atoms with Crippen molar-refractivity contribution in [2.45, 2.75) is 19.8 Å². The monoisotopic (exact) mass is 374 g/mol. The van der Waals surface area contributed by atoms with Gasteiger partial charge in [0.05, 0.1) is 24.2 Å². The minimum Gasteiger partial charge on any atom is -0.332 e. The Hall–Kier alpha value is -2.92. The van der Waals surface area contributed by atoms with Crippen LogP contribution in [0.4, 0.5) is 5.69 Å². The van der Waals surface area contributed by atoms with Gasteiger partial charge in [-0.15, -0.1) is 0 Å². The van der Waals surface area contributed by atoms with Crippen LogP contribution in [0.1, 0.15) is 19.8 Å². The summed E-state index contributed by atoms with van der Waals surface area (Å²) in [6.45, 7) is 2.20. The number of hydrogen-bond donors (Lipinski definition) is 0. The summed E-state index contributed by atoms with van der Waals surface area (Å²) in [5.41, 5.74) is 1.19. The van der Waals surface area contributed by atoms with Crippen molar-refractivity contribution in [2.75, 3.05) is 25.0 Å². The highest BCUT2D eigenvalue weighted by Crippen LogP contribution is 2.26. The van der Waals surface area contributed by atoms with Gasteiger partial charge in [0.15, 0.2) is 5.15 Å². The van der Waals surface area contributed by atoms with Crippen LogP contribution in [0.5, 0.6) is 0 Å². The van der Waals surface area contributed by atoms with Crippen molar-refractivity contribution in [3.63, 3.8) is 0 Å². The molecule has 2 amide bonds. The number of anilines is 1. The first kappa shape index (κ1) is 19.4. The average molecular weight is 375 g/mol. The number of halogens is 1. The molecule has 2 heterocycles. The predicted octanol–water partition coefficient (Wildman–Crippen LogP) is 2.04. The lowest BCUT2D eigenvalue weighted by molar-refractivity contribution is -0.131. The molecule has 0 unspecified atom stereocenters. The van der Waals surface area contributed by atoms with Gasteiger partial charge >= 0.3 is 0 Å². The molecule has 0 saturated heterocycles. The lowest BCUT2D eigenvalue weighted by atomic mass is 10.2. The van der Waals surface area contributed by atoms with E-state index < -0.39 is 0 Å². The van der Waals surface area contributed by atoms with E-state index in [0.717, 1.165) is 5.69 Å². The second-order valence-electron chi connectivity index (χ2n) is 5.51. The largest absolute Gasteiger partial charge is 0.332 e. The Morgan fingerprint density at radius 2 is 2.08 bits per heavy atom. The maximum absolute atomic E-state index is 12.5. The second-order valence-corrected chi connectivity index (χ2v) is 5.86. The maximum atomic E-state index is 12.5. The molecular weight excluding hydrogens is 356 g/mol. The summed E-state index contributed by atoms with van der Waals surface area (Å²) in [5, 5.41) is 13.0. The molecule has 0 radical (unpaired) electrons. The standard InChI is InChI=1S/C17H19ClN6O2/c1-3-23(16(26)7-6-15(25)22(2)10-8-19)14-12-24(21-17(14)18)13-5-4-9-20-11-13/h4-5,9,11-12H,3,6-7,10H2,1-2H3. The van der Waals surface area contributed by atoms with E-state index in [9.17, 15) is 9.59 Å². The van der Waals surface area contributed by atoms with Crippen LogP contribution in [-0.4, -0.2) is 51.6 Å². The van der Waals surface area contributed by atoms with E-state index in [-0.39, 0.29) is 36.4 Å². The third-order valence-electron chi connectivity index (χ3n) is 3.76. The van der Waals surface area contributed by atoms with Crippen molar-refractivity contribution in [1.29, 1.82) is 5.26 Å². The highest BCUT2D eigenvalue weighted by molar-refractivity contribution is 6.32. The van der Waals surface area contributed by atoms with Gasteiger partial charge in [-0.25, -0.2) is 4.68 Å². The summed E-state index contributed by atoms with van der Waals surface area (Å²) in [6.07, 6.45) is 5.00. The lowest BCUT2D eigenvalue weighted by Crippen LogP contribution is -2.33. The fraction of sp³-hybridized carbons (Fsp3) is 0.353. The molecule has 0 spiro atoms. The molecule has 2 aromatic rings. The molecule has 9 heteroatoms. The zero-order valence-electron chi connectivity index (χ0n) is 14.6. The van der Waals surface area contributed by atoms with Crippen LogP contribution in [0, 0.1) is 11.3 Å². The third kappa shape index (κ3) is 4.58. The number of amides is 2. The van der Waals surface area contributed by atoms with E-state index in [1.165, 1.54) is 16.8 Å². The summed E-state index contributed by atoms with van der Waals surface area (Å²) in [5.74, 6) is -0.494. The number of rotatable bonds is 7. The average Bonchev–Trinajstić information content (AvgIpc) is 3.03. The van der Waals surface area contributed by atoms with E-state index in [1.807, 2.05) is 19.1 Å². The molecular formula is C17H19ClN6O2. The number of aromatic nitrogens is 3. The van der Waals surface area contributed by atoms with Gasteiger partial charge in [-0.05, 0) is 19.1 Å². The minimum absolute atomic E-state index is 0.00573. The van der Waals surface area contributed by atoms with Gasteiger partial charge < -0.3 is 9.80 Å². The Morgan fingerprint density at radius 3 is 2.69 bits per heavy atom. The zero-order chi connectivity index (χ0) is 19.1. The topological polar surface area (TPSA) is 95.1 Å². The normalized spacial score (nSPS) is 10.2. The fourth-order valence-electron chi connectivity index (χ4n) is 2.36. The van der Waals surface area contributed by atoms with Crippen molar-refractivity contribution in [3.8, 4) is 11.8 Å². The zero-order valence-corrected chi connectivity index (χ0v) is 15.3. The molecule has 26 heavy (non-hydrogen) atoms. The summed E-state index contributed by atoms with van der Waals surface area (Å²) in [6, 6.07) is 5.49. The van der Waals surface area contributed by atoms with Crippen LogP contribution >= 0.6 is 11.6 Å². The molecule has 2 aromatic heterocycles. The number of pyridine rings is 1. The first-order valence-corrected chi connectivity index (χ1v) is 8.42. The quantitative estimate of drug-likeness (QED) is 0.691. The molecule has 0 aliphatic carbocycles. The molecule has 0 N–H and O–H groups in total. The van der Waals surface area contributed by atoms with Crippen molar-refractivity contribution >= 4 is 29.1 Å². The Morgan fingerprint density at radius 1 is 1.35 bits per heavy atom. The van der Waals surface area contributed by atoms with E-state index in [1.54, 1.807) is 29.3 Å². The van der Waals surface area contributed by atoms with Crippen molar-refractivity contribution in [1.82, 2.24) is 19.7 Å². The highest BCUT2D eigenvalue weighted by atomic mass is 35.5. The number of carbonyl (C=O) groups is 2. The number of carbonyl (C=O) groups excluding carboxylic acids is 2. The van der Waals surface area contributed by atoms with Crippen LogP contribution in [-0.2, 0) is 9.59 Å². The van der Waals surface area contributed by atoms with E-state index >= 15 is 0 Å². The molecule has 0 aliphatic heterocycles. The SMILES string of the molecule is CCN(C(=O)CCC(=O)N(C)CC#N)c1cn(-c2cccnc2)nc1Cl. The summed E-state index contributed by atoms with van der Waals surface area (Å²) in [4.78, 5) is 31.2. The molecule has 0 saturated carbocycles. The van der Waals surface area contributed by atoms with Crippen LogP contribution in [0.15, 0.2) is 30.7 Å². The predicted molar refractivity (Wildman–Crippen MR) is 96.9 cm³/mol. The minimum atomic E-state index is -0.256. The van der Waals surface area contributed by atoms with Gasteiger partial charge in [0, 0.05) is 32.6 Å². The van der Waals surface area contributed by atoms with Crippen molar-refractivity contribution in [3.05, 3.63) is 35.9 Å². The number of nitrogens with zero attached hydrogens (tertiary/aromatic N) is 6. The molecule has 136 valence electrons. The van der Waals surface area contributed by atoms with Crippen molar-refractivity contribution in [2.24, 2.45) is 0 Å². The molecule has 0 aliphatic rings. The van der Waals surface area contributed by atoms with Gasteiger partial charge in [-0.3, -0.25) is 14.6 Å². The van der Waals surface area contributed by atoms with Crippen LogP contribution in [0.2, 0.25) is 5.15 Å². The fourth-order valence-corrected chi connectivity index (χ4v) is 2.59. The first-order valence-electron chi connectivity index (χ1n) is 8.04. The van der Waals surface area contributed by atoms with Gasteiger partial charge in [0.2, 0.25) is 11.8 Å². The second kappa shape index (κ2) is 8.97. The Labute approximate surface area is 156 Å². The van der Waals surface area contributed by atoms with Crippen molar-refractivity contribution < 1.29 is 9.59 Å². The van der Waals surface area contributed by atoms with E-state index in [2.05, 4.69) is 10.1 Å². The summed E-state index contributed by atoms with van der Waals surface area (Å²) < 4.78 is 1.55. The molecule has 0 bridgehead atoms. The van der Waals surface area contributed by atoms with Gasteiger partial charge in [-0.2, -0.15) is 10.4 Å².